The van der Waals surface area contributed by atoms with Gasteiger partial charge >= 0.3 is 11.3 Å². The number of sulfone groups is 1. The van der Waals surface area contributed by atoms with Crippen LogP contribution in [0.3, 0.4) is 0 Å². The third kappa shape index (κ3) is 4.94. The fraction of sp³-hybridized carbons (Fsp3) is 0.500. The molecule has 0 aromatic heterocycles. The van der Waals surface area contributed by atoms with Crippen molar-refractivity contribution in [1.82, 2.24) is 5.32 Å². The summed E-state index contributed by atoms with van der Waals surface area (Å²) >= 11 is 0. The van der Waals surface area contributed by atoms with Gasteiger partial charge in [-0.15, -0.1) is 0 Å². The number of rotatable bonds is 5. The van der Waals surface area contributed by atoms with Gasteiger partial charge in [0.2, 0.25) is 9.84 Å². The van der Waals surface area contributed by atoms with Crippen molar-refractivity contribution in [3.63, 3.8) is 0 Å². The van der Waals surface area contributed by atoms with E-state index in [1.54, 1.807) is 20.8 Å². The van der Waals surface area contributed by atoms with Crippen LogP contribution in [0, 0.1) is 0 Å². The highest BCUT2D eigenvalue weighted by Crippen LogP contribution is 2.31. The van der Waals surface area contributed by atoms with E-state index < -0.39 is 44.6 Å². The van der Waals surface area contributed by atoms with Crippen LogP contribution in [-0.4, -0.2) is 31.9 Å². The SMILES string of the molecule is CC(C)(C)OC(=O)NCCC(F)(F)S(=O)(=O)c1ccccc1. The molecule has 0 unspecified atom stereocenters. The lowest BCUT2D eigenvalue weighted by atomic mass is 10.2. The molecular formula is C14H19F2NO4S. The third-order valence-corrected chi connectivity index (χ3v) is 4.41. The highest BCUT2D eigenvalue weighted by Gasteiger charge is 2.45. The van der Waals surface area contributed by atoms with Crippen molar-refractivity contribution in [1.29, 1.82) is 0 Å². The molecule has 0 radical (unpaired) electrons. The standard InChI is InChI=1S/C14H19F2NO4S/c1-13(2,3)21-12(18)17-10-9-14(15,16)22(19,20)11-7-5-4-6-8-11/h4-8H,9-10H2,1-3H3,(H,17,18). The summed E-state index contributed by atoms with van der Waals surface area (Å²) in [6.45, 7) is 4.36. The van der Waals surface area contributed by atoms with Gasteiger partial charge in [0.15, 0.2) is 0 Å². The Hall–Kier alpha value is -1.70. The van der Waals surface area contributed by atoms with Gasteiger partial charge in [-0.25, -0.2) is 13.2 Å². The van der Waals surface area contributed by atoms with Crippen LogP contribution in [0.1, 0.15) is 27.2 Å². The van der Waals surface area contributed by atoms with E-state index in [9.17, 15) is 22.0 Å². The average Bonchev–Trinajstić information content (AvgIpc) is 2.37. The smallest absolute Gasteiger partial charge is 0.407 e. The second-order valence-corrected chi connectivity index (χ2v) is 7.71. The minimum absolute atomic E-state index is 0.461. The fourth-order valence-electron chi connectivity index (χ4n) is 1.53. The number of carbonyl (C=O) groups excluding carboxylic acids is 1. The maximum atomic E-state index is 13.9. The number of benzene rings is 1. The molecule has 0 fully saturated rings. The van der Waals surface area contributed by atoms with Crippen LogP contribution in [0.5, 0.6) is 0 Å². The quantitative estimate of drug-likeness (QED) is 0.898. The highest BCUT2D eigenvalue weighted by molar-refractivity contribution is 7.92. The minimum Gasteiger partial charge on any atom is -0.444 e. The van der Waals surface area contributed by atoms with E-state index in [4.69, 9.17) is 4.74 Å². The number of alkyl carbamates (subject to hydrolysis) is 1. The molecule has 8 heteroatoms. The molecule has 124 valence electrons. The third-order valence-electron chi connectivity index (χ3n) is 2.53. The Morgan fingerprint density at radius 2 is 1.73 bits per heavy atom. The number of hydrogen-bond donors (Lipinski definition) is 1. The number of amides is 1. The van der Waals surface area contributed by atoms with Gasteiger partial charge in [0.05, 0.1) is 4.90 Å². The predicted octanol–water partition coefficient (Wildman–Crippen LogP) is 2.97. The van der Waals surface area contributed by atoms with Gasteiger partial charge in [-0.1, -0.05) is 18.2 Å². The molecule has 0 aliphatic heterocycles. The maximum absolute atomic E-state index is 13.9. The second kappa shape index (κ2) is 6.60. The van der Waals surface area contributed by atoms with Crippen molar-refractivity contribution in [2.24, 2.45) is 0 Å². The Kier molecular flexibility index (Phi) is 5.50. The molecule has 0 aliphatic rings. The first-order valence-electron chi connectivity index (χ1n) is 6.60. The van der Waals surface area contributed by atoms with Crippen LogP contribution in [-0.2, 0) is 14.6 Å². The zero-order valence-electron chi connectivity index (χ0n) is 12.6. The van der Waals surface area contributed by atoms with E-state index in [0.29, 0.717) is 0 Å². The van der Waals surface area contributed by atoms with Crippen LogP contribution >= 0.6 is 0 Å². The van der Waals surface area contributed by atoms with Crippen molar-refractivity contribution in [2.75, 3.05) is 6.54 Å². The first kappa shape index (κ1) is 18.3. The molecular weight excluding hydrogens is 316 g/mol. The molecule has 0 spiro atoms. The van der Waals surface area contributed by atoms with E-state index in [-0.39, 0.29) is 0 Å². The van der Waals surface area contributed by atoms with Crippen LogP contribution in [0.25, 0.3) is 0 Å². The number of carbonyl (C=O) groups is 1. The average molecular weight is 335 g/mol. The summed E-state index contributed by atoms with van der Waals surface area (Å²) in [5.74, 6) is 0. The summed E-state index contributed by atoms with van der Waals surface area (Å²) in [5, 5.41) is -1.87. The lowest BCUT2D eigenvalue weighted by Gasteiger charge is -2.21. The molecule has 22 heavy (non-hydrogen) atoms. The molecule has 1 rings (SSSR count). The zero-order valence-corrected chi connectivity index (χ0v) is 13.4. The monoisotopic (exact) mass is 335 g/mol. The van der Waals surface area contributed by atoms with Crippen LogP contribution in [0.4, 0.5) is 13.6 Å². The molecule has 5 nitrogen and oxygen atoms in total. The Labute approximate surface area is 128 Å². The maximum Gasteiger partial charge on any atom is 0.407 e. The zero-order chi connectivity index (χ0) is 17.0. The largest absolute Gasteiger partial charge is 0.444 e. The van der Waals surface area contributed by atoms with Crippen LogP contribution < -0.4 is 5.32 Å². The van der Waals surface area contributed by atoms with Gasteiger partial charge in [0.1, 0.15) is 5.60 Å². The number of halogens is 2. The van der Waals surface area contributed by atoms with Gasteiger partial charge in [-0.2, -0.15) is 8.78 Å². The Bertz CT molecular complexity index is 609. The summed E-state index contributed by atoms with van der Waals surface area (Å²) < 4.78 is 56.4. The van der Waals surface area contributed by atoms with Crippen LogP contribution in [0.15, 0.2) is 35.2 Å². The molecule has 0 bridgehead atoms. The molecule has 0 saturated heterocycles. The molecule has 0 heterocycles. The number of nitrogens with one attached hydrogen (secondary N) is 1. The topological polar surface area (TPSA) is 72.5 Å². The lowest BCUT2D eigenvalue weighted by molar-refractivity contribution is 0.0487. The molecule has 0 saturated carbocycles. The summed E-state index contributed by atoms with van der Waals surface area (Å²) in [4.78, 5) is 10.9. The molecule has 1 aromatic rings. The van der Waals surface area contributed by atoms with Gasteiger partial charge in [0.25, 0.3) is 0 Å². The number of ether oxygens (including phenoxy) is 1. The summed E-state index contributed by atoms with van der Waals surface area (Å²) in [5.41, 5.74) is -0.761. The minimum atomic E-state index is -4.80. The van der Waals surface area contributed by atoms with Crippen molar-refractivity contribution in [2.45, 2.75) is 42.9 Å². The van der Waals surface area contributed by atoms with E-state index in [1.165, 1.54) is 18.2 Å². The van der Waals surface area contributed by atoms with E-state index in [0.717, 1.165) is 12.1 Å². The molecule has 1 N–H and O–H groups in total. The van der Waals surface area contributed by atoms with E-state index in [2.05, 4.69) is 5.32 Å². The van der Waals surface area contributed by atoms with Crippen molar-refractivity contribution >= 4 is 15.9 Å². The predicted molar refractivity (Wildman–Crippen MR) is 77.4 cm³/mol. The Morgan fingerprint density at radius 1 is 1.18 bits per heavy atom. The summed E-state index contributed by atoms with van der Waals surface area (Å²) in [6.07, 6.45) is -1.91. The van der Waals surface area contributed by atoms with Gasteiger partial charge in [0, 0.05) is 13.0 Å². The Morgan fingerprint density at radius 3 is 2.23 bits per heavy atom. The number of alkyl halides is 2. The molecule has 1 aromatic carbocycles. The summed E-state index contributed by atoms with van der Waals surface area (Å²) in [6, 6.07) is 6.46. The first-order chi connectivity index (χ1) is 9.96. The van der Waals surface area contributed by atoms with Crippen LogP contribution in [0.2, 0.25) is 0 Å². The van der Waals surface area contributed by atoms with Crippen molar-refractivity contribution in [3.8, 4) is 0 Å². The second-order valence-electron chi connectivity index (χ2n) is 5.63. The van der Waals surface area contributed by atoms with E-state index in [1.807, 2.05) is 0 Å². The van der Waals surface area contributed by atoms with Gasteiger partial charge < -0.3 is 10.1 Å². The van der Waals surface area contributed by atoms with Gasteiger partial charge in [-0.3, -0.25) is 0 Å². The highest BCUT2D eigenvalue weighted by atomic mass is 32.2. The van der Waals surface area contributed by atoms with Gasteiger partial charge in [-0.05, 0) is 32.9 Å². The number of hydrogen-bond acceptors (Lipinski definition) is 4. The Balaban J connectivity index is 2.67. The molecule has 0 atom stereocenters. The summed E-state index contributed by atoms with van der Waals surface area (Å²) in [7, 11) is -4.80. The first-order valence-corrected chi connectivity index (χ1v) is 8.08. The van der Waals surface area contributed by atoms with E-state index >= 15 is 0 Å². The van der Waals surface area contributed by atoms with Crippen molar-refractivity contribution in [3.05, 3.63) is 30.3 Å². The molecule has 0 aliphatic carbocycles. The fourth-order valence-corrected chi connectivity index (χ4v) is 2.76. The van der Waals surface area contributed by atoms with Crippen molar-refractivity contribution < 1.29 is 26.7 Å². The normalized spacial score (nSPS) is 12.8. The lowest BCUT2D eigenvalue weighted by Crippen LogP contribution is -2.37. The molecule has 1 amide bonds.